The number of imide groups is 1. The van der Waals surface area contributed by atoms with E-state index in [1.165, 1.54) is 9.13 Å². The number of aromatic nitrogens is 4. The summed E-state index contributed by atoms with van der Waals surface area (Å²) in [5, 5.41) is 12.8. The minimum absolute atomic E-state index is 0.220. The van der Waals surface area contributed by atoms with Crippen molar-refractivity contribution in [2.24, 2.45) is 7.05 Å². The van der Waals surface area contributed by atoms with Gasteiger partial charge in [0.15, 0.2) is 0 Å². The number of aliphatic carboxylic acids is 1. The first-order valence-corrected chi connectivity index (χ1v) is 11.8. The summed E-state index contributed by atoms with van der Waals surface area (Å²) in [6.07, 6.45) is 1.21. The average Bonchev–Trinajstić information content (AvgIpc) is 3.14. The number of fused-ring (bicyclic) bond motifs is 1. The van der Waals surface area contributed by atoms with Crippen LogP contribution in [0, 0.1) is 0 Å². The zero-order chi connectivity index (χ0) is 27.6. The molecule has 2 aromatic heterocycles. The highest BCUT2D eigenvalue weighted by atomic mass is 19.4. The average molecular weight is 534 g/mol. The summed E-state index contributed by atoms with van der Waals surface area (Å²) >= 11 is 0. The molecule has 1 unspecified atom stereocenters. The fourth-order valence-corrected chi connectivity index (χ4v) is 4.55. The predicted octanol–water partition coefficient (Wildman–Crippen LogP) is 1.88. The van der Waals surface area contributed by atoms with Gasteiger partial charge in [0.05, 0.1) is 11.0 Å². The highest BCUT2D eigenvalue weighted by molar-refractivity contribution is 6.00. The number of rotatable bonds is 3. The number of benzene rings is 1. The largest absolute Gasteiger partial charge is 0.490 e. The minimum Gasteiger partial charge on any atom is -0.475 e. The van der Waals surface area contributed by atoms with E-state index in [0.29, 0.717) is 17.9 Å². The van der Waals surface area contributed by atoms with Crippen LogP contribution < -0.4 is 16.3 Å². The number of carbonyl (C=O) groups is 3. The van der Waals surface area contributed by atoms with Crippen molar-refractivity contribution in [2.45, 2.75) is 43.8 Å². The van der Waals surface area contributed by atoms with Crippen molar-refractivity contribution in [1.82, 2.24) is 29.7 Å². The smallest absolute Gasteiger partial charge is 0.475 e. The van der Waals surface area contributed by atoms with Crippen LogP contribution >= 0.6 is 0 Å². The molecular formula is C24H25F3N6O5. The zero-order valence-electron chi connectivity index (χ0n) is 20.3. The molecule has 202 valence electrons. The Labute approximate surface area is 213 Å². The van der Waals surface area contributed by atoms with E-state index in [0.717, 1.165) is 48.4 Å². The lowest BCUT2D eigenvalue weighted by molar-refractivity contribution is -0.192. The van der Waals surface area contributed by atoms with Gasteiger partial charge in [0.2, 0.25) is 11.8 Å². The molecule has 3 N–H and O–H groups in total. The molecule has 3 aromatic rings. The number of amides is 2. The van der Waals surface area contributed by atoms with Crippen LogP contribution in [0.3, 0.4) is 0 Å². The summed E-state index contributed by atoms with van der Waals surface area (Å²) in [6, 6.07) is 4.98. The van der Waals surface area contributed by atoms with Gasteiger partial charge in [-0.2, -0.15) is 13.2 Å². The molecule has 0 spiro atoms. The molecule has 2 aliphatic heterocycles. The van der Waals surface area contributed by atoms with Gasteiger partial charge >= 0.3 is 17.8 Å². The second-order valence-electron chi connectivity index (χ2n) is 9.04. The van der Waals surface area contributed by atoms with Crippen LogP contribution in [0.15, 0.2) is 35.4 Å². The van der Waals surface area contributed by atoms with Gasteiger partial charge in [-0.3, -0.25) is 24.0 Å². The normalized spacial score (nSPS) is 18.6. The van der Waals surface area contributed by atoms with E-state index < -0.39 is 24.1 Å². The number of piperidine rings is 2. The van der Waals surface area contributed by atoms with Crippen molar-refractivity contribution < 1.29 is 32.7 Å². The van der Waals surface area contributed by atoms with E-state index in [4.69, 9.17) is 9.90 Å². The van der Waals surface area contributed by atoms with Gasteiger partial charge in [-0.15, -0.1) is 0 Å². The van der Waals surface area contributed by atoms with Gasteiger partial charge in [0, 0.05) is 37.3 Å². The van der Waals surface area contributed by atoms with E-state index in [-0.39, 0.29) is 18.0 Å². The molecule has 0 bridgehead atoms. The molecule has 0 radical (unpaired) electrons. The summed E-state index contributed by atoms with van der Waals surface area (Å²) in [5.41, 5.74) is 2.88. The Kier molecular flexibility index (Phi) is 7.62. The monoisotopic (exact) mass is 534 g/mol. The maximum Gasteiger partial charge on any atom is 0.490 e. The summed E-state index contributed by atoms with van der Waals surface area (Å²) in [6.45, 7) is 1.98. The highest BCUT2D eigenvalue weighted by Crippen LogP contribution is 2.28. The fourth-order valence-electron chi connectivity index (χ4n) is 4.55. The predicted molar refractivity (Wildman–Crippen MR) is 128 cm³/mol. The van der Waals surface area contributed by atoms with Crippen LogP contribution in [-0.4, -0.2) is 61.3 Å². The number of halogens is 3. The van der Waals surface area contributed by atoms with Crippen LogP contribution in [0.1, 0.15) is 43.5 Å². The molecule has 38 heavy (non-hydrogen) atoms. The lowest BCUT2D eigenvalue weighted by atomic mass is 9.97. The van der Waals surface area contributed by atoms with Crippen molar-refractivity contribution in [2.75, 3.05) is 13.1 Å². The molecular weight excluding hydrogens is 509 g/mol. The van der Waals surface area contributed by atoms with Crippen LogP contribution in [0.25, 0.3) is 22.2 Å². The van der Waals surface area contributed by atoms with Crippen molar-refractivity contribution in [3.05, 3.63) is 46.9 Å². The first-order chi connectivity index (χ1) is 18.0. The van der Waals surface area contributed by atoms with Crippen LogP contribution in [0.2, 0.25) is 0 Å². The van der Waals surface area contributed by atoms with E-state index in [9.17, 15) is 27.6 Å². The molecule has 1 atom stereocenters. The number of hydrogen-bond donors (Lipinski definition) is 3. The number of alkyl halides is 3. The molecule has 14 heteroatoms. The van der Waals surface area contributed by atoms with Gasteiger partial charge in [-0.05, 0) is 50.0 Å². The zero-order valence-corrected chi connectivity index (χ0v) is 20.3. The molecule has 2 fully saturated rings. The summed E-state index contributed by atoms with van der Waals surface area (Å²) in [7, 11) is 1.69. The van der Waals surface area contributed by atoms with Gasteiger partial charge in [0.1, 0.15) is 11.9 Å². The van der Waals surface area contributed by atoms with E-state index in [1.54, 1.807) is 7.05 Å². The maximum atomic E-state index is 12.9. The van der Waals surface area contributed by atoms with Crippen LogP contribution in [-0.2, 0) is 21.4 Å². The Morgan fingerprint density at radius 3 is 2.24 bits per heavy atom. The molecule has 2 aliphatic rings. The number of hydrogen-bond acceptors (Lipinski definition) is 7. The van der Waals surface area contributed by atoms with Crippen LogP contribution in [0.4, 0.5) is 13.2 Å². The molecule has 2 saturated heterocycles. The molecule has 0 saturated carbocycles. The number of imidazole rings is 1. The molecule has 1 aromatic carbocycles. The second-order valence-corrected chi connectivity index (χ2v) is 9.04. The van der Waals surface area contributed by atoms with Crippen molar-refractivity contribution >= 4 is 28.8 Å². The number of carboxylic acid groups (broad SMARTS) is 1. The van der Waals surface area contributed by atoms with E-state index >= 15 is 0 Å². The Hall–Kier alpha value is -4.07. The number of carbonyl (C=O) groups excluding carboxylic acids is 2. The minimum atomic E-state index is -5.08. The third-order valence-electron chi connectivity index (χ3n) is 6.56. The SMILES string of the molecule is Cn1c(=O)n(C2CCC(=O)NC2=O)c2ccc(-c3cnc(C4CCNCC4)nc3)cc21.O=C(O)C(F)(F)F. The first-order valence-electron chi connectivity index (χ1n) is 11.8. The summed E-state index contributed by atoms with van der Waals surface area (Å²) in [4.78, 5) is 54.8. The Morgan fingerprint density at radius 2 is 1.66 bits per heavy atom. The van der Waals surface area contributed by atoms with Gasteiger partial charge in [0.25, 0.3) is 0 Å². The van der Waals surface area contributed by atoms with Crippen molar-refractivity contribution in [3.8, 4) is 11.1 Å². The number of carboxylic acids is 1. The number of nitrogens with zero attached hydrogens (tertiary/aromatic N) is 4. The number of nitrogens with one attached hydrogen (secondary N) is 2. The quantitative estimate of drug-likeness (QED) is 0.432. The maximum absolute atomic E-state index is 12.9. The lowest BCUT2D eigenvalue weighted by Crippen LogP contribution is -2.44. The van der Waals surface area contributed by atoms with Gasteiger partial charge in [-0.1, -0.05) is 6.07 Å². The molecule has 5 rings (SSSR count). The Balaban J connectivity index is 0.000000426. The van der Waals surface area contributed by atoms with Gasteiger partial charge < -0.3 is 10.4 Å². The van der Waals surface area contributed by atoms with Crippen molar-refractivity contribution in [3.63, 3.8) is 0 Å². The van der Waals surface area contributed by atoms with Crippen molar-refractivity contribution in [1.29, 1.82) is 0 Å². The fraction of sp³-hybridized carbons (Fsp3) is 0.417. The Bertz CT molecular complexity index is 1420. The third-order valence-corrected chi connectivity index (χ3v) is 6.56. The third kappa shape index (κ3) is 5.59. The number of aryl methyl sites for hydroxylation is 1. The molecule has 11 nitrogen and oxygen atoms in total. The lowest BCUT2D eigenvalue weighted by Gasteiger charge is -2.22. The Morgan fingerprint density at radius 1 is 1.03 bits per heavy atom. The highest BCUT2D eigenvalue weighted by Gasteiger charge is 2.38. The van der Waals surface area contributed by atoms with E-state index in [2.05, 4.69) is 20.6 Å². The van der Waals surface area contributed by atoms with Crippen LogP contribution in [0.5, 0.6) is 0 Å². The van der Waals surface area contributed by atoms with E-state index in [1.807, 2.05) is 30.6 Å². The molecule has 4 heterocycles. The first kappa shape index (κ1) is 27.0. The second kappa shape index (κ2) is 10.7. The van der Waals surface area contributed by atoms with Gasteiger partial charge in [-0.25, -0.2) is 19.6 Å². The molecule has 0 aliphatic carbocycles. The standard InChI is InChI=1S/C22H24N6O3.C2HF3O2/c1-27-18-10-14(15-11-24-20(25-12-15)13-6-8-23-9-7-13)2-3-16(18)28(22(27)31)17-4-5-19(29)26-21(17)30;3-2(4,5)1(6)7/h2-3,10-13,17,23H,4-9H2,1H3,(H,26,29,30);(H,6,7). The summed E-state index contributed by atoms with van der Waals surface area (Å²) < 4.78 is 34.8. The topological polar surface area (TPSA) is 148 Å². The molecule has 2 amide bonds. The summed E-state index contributed by atoms with van der Waals surface area (Å²) in [5.74, 6) is -2.22.